The topological polar surface area (TPSA) is 76.9 Å². The molecule has 2 N–H and O–H groups in total. The standard InChI is InChI=1S/C11H8N2O2/c1-6-10(11(14)15)8-3-2-7(5-12)4-9(8)13-6/h2-4,13H,1H3,(H,14,15). The van der Waals surface area contributed by atoms with Crippen molar-refractivity contribution in [3.8, 4) is 6.07 Å². The maximum absolute atomic E-state index is 11.0. The smallest absolute Gasteiger partial charge is 0.338 e. The van der Waals surface area contributed by atoms with Gasteiger partial charge in [-0.2, -0.15) is 5.26 Å². The second kappa shape index (κ2) is 3.14. The number of hydrogen-bond acceptors (Lipinski definition) is 2. The lowest BCUT2D eigenvalue weighted by Crippen LogP contribution is -1.96. The average molecular weight is 200 g/mol. The number of nitrogens with one attached hydrogen (secondary N) is 1. The van der Waals surface area contributed by atoms with Crippen molar-refractivity contribution < 1.29 is 9.90 Å². The first-order valence-electron chi connectivity index (χ1n) is 4.39. The van der Waals surface area contributed by atoms with Crippen molar-refractivity contribution in [3.05, 3.63) is 35.0 Å². The summed E-state index contributed by atoms with van der Waals surface area (Å²) in [6.45, 7) is 1.70. The quantitative estimate of drug-likeness (QED) is 0.739. The third-order valence-electron chi connectivity index (χ3n) is 2.33. The van der Waals surface area contributed by atoms with E-state index >= 15 is 0 Å². The van der Waals surface area contributed by atoms with Crippen molar-refractivity contribution in [2.45, 2.75) is 6.92 Å². The van der Waals surface area contributed by atoms with Gasteiger partial charge < -0.3 is 10.1 Å². The number of carboxylic acids is 1. The highest BCUT2D eigenvalue weighted by atomic mass is 16.4. The summed E-state index contributed by atoms with van der Waals surface area (Å²) in [5.74, 6) is -0.955. The van der Waals surface area contributed by atoms with Gasteiger partial charge >= 0.3 is 5.97 Å². The zero-order valence-electron chi connectivity index (χ0n) is 8.03. The van der Waals surface area contributed by atoms with E-state index in [2.05, 4.69) is 4.98 Å². The average Bonchev–Trinajstić information content (AvgIpc) is 2.52. The normalized spacial score (nSPS) is 10.1. The van der Waals surface area contributed by atoms with Crippen LogP contribution in [0.5, 0.6) is 0 Å². The Kier molecular flexibility index (Phi) is 1.94. The van der Waals surface area contributed by atoms with Crippen molar-refractivity contribution in [3.63, 3.8) is 0 Å². The predicted octanol–water partition coefficient (Wildman–Crippen LogP) is 2.05. The van der Waals surface area contributed by atoms with Crippen LogP contribution in [-0.4, -0.2) is 16.1 Å². The van der Waals surface area contributed by atoms with Crippen molar-refractivity contribution in [2.24, 2.45) is 0 Å². The number of carboxylic acid groups (broad SMARTS) is 1. The van der Waals surface area contributed by atoms with Gasteiger partial charge in [0, 0.05) is 16.6 Å². The molecule has 0 aliphatic heterocycles. The fraction of sp³-hybridized carbons (Fsp3) is 0.0909. The fourth-order valence-corrected chi connectivity index (χ4v) is 1.68. The lowest BCUT2D eigenvalue weighted by atomic mass is 10.1. The first-order chi connectivity index (χ1) is 7.13. The lowest BCUT2D eigenvalue weighted by molar-refractivity contribution is 0.0698. The van der Waals surface area contributed by atoms with Gasteiger partial charge in [0.1, 0.15) is 0 Å². The van der Waals surface area contributed by atoms with E-state index in [9.17, 15) is 4.79 Å². The number of benzene rings is 1. The largest absolute Gasteiger partial charge is 0.478 e. The van der Waals surface area contributed by atoms with Crippen LogP contribution in [0.3, 0.4) is 0 Å². The van der Waals surface area contributed by atoms with E-state index in [0.29, 0.717) is 22.2 Å². The zero-order valence-corrected chi connectivity index (χ0v) is 8.03. The molecule has 0 aliphatic carbocycles. The van der Waals surface area contributed by atoms with Crippen LogP contribution in [-0.2, 0) is 0 Å². The predicted molar refractivity (Wildman–Crippen MR) is 54.7 cm³/mol. The number of carbonyl (C=O) groups is 1. The van der Waals surface area contributed by atoms with Crippen LogP contribution in [0.25, 0.3) is 10.9 Å². The van der Waals surface area contributed by atoms with E-state index < -0.39 is 5.97 Å². The second-order valence-corrected chi connectivity index (χ2v) is 3.30. The highest BCUT2D eigenvalue weighted by molar-refractivity contribution is 6.04. The number of aromatic carboxylic acids is 1. The molecule has 0 spiro atoms. The van der Waals surface area contributed by atoms with Crippen LogP contribution >= 0.6 is 0 Å². The van der Waals surface area contributed by atoms with Crippen LogP contribution in [0.4, 0.5) is 0 Å². The van der Waals surface area contributed by atoms with Crippen molar-refractivity contribution in [1.29, 1.82) is 5.26 Å². The summed E-state index contributed by atoms with van der Waals surface area (Å²) in [5.41, 5.74) is 2.08. The highest BCUT2D eigenvalue weighted by Crippen LogP contribution is 2.22. The van der Waals surface area contributed by atoms with Gasteiger partial charge in [0.15, 0.2) is 0 Å². The van der Waals surface area contributed by atoms with Gasteiger partial charge in [-0.25, -0.2) is 4.79 Å². The monoisotopic (exact) mass is 200 g/mol. The minimum absolute atomic E-state index is 0.273. The Morgan fingerprint density at radius 3 is 2.87 bits per heavy atom. The molecule has 0 amide bonds. The Labute approximate surface area is 85.8 Å². The highest BCUT2D eigenvalue weighted by Gasteiger charge is 2.14. The maximum Gasteiger partial charge on any atom is 0.338 e. The maximum atomic E-state index is 11.0. The third kappa shape index (κ3) is 1.34. The van der Waals surface area contributed by atoms with Crippen LogP contribution in [0, 0.1) is 18.3 Å². The molecule has 4 heteroatoms. The third-order valence-corrected chi connectivity index (χ3v) is 2.33. The molecule has 0 saturated heterocycles. The summed E-state index contributed by atoms with van der Waals surface area (Å²) in [6.07, 6.45) is 0. The summed E-state index contributed by atoms with van der Waals surface area (Å²) < 4.78 is 0. The number of fused-ring (bicyclic) bond motifs is 1. The molecular formula is C11H8N2O2. The Hall–Kier alpha value is -2.28. The van der Waals surface area contributed by atoms with Crippen LogP contribution in [0.15, 0.2) is 18.2 Å². The molecule has 1 heterocycles. The van der Waals surface area contributed by atoms with Crippen molar-refractivity contribution in [2.75, 3.05) is 0 Å². The first kappa shape index (κ1) is 9.28. The molecule has 0 bridgehead atoms. The van der Waals surface area contributed by atoms with Gasteiger partial charge in [-0.05, 0) is 19.1 Å². The van der Waals surface area contributed by atoms with E-state index in [4.69, 9.17) is 10.4 Å². The molecule has 0 aliphatic rings. The van der Waals surface area contributed by atoms with E-state index in [1.54, 1.807) is 25.1 Å². The van der Waals surface area contributed by atoms with Crippen LogP contribution in [0.1, 0.15) is 21.6 Å². The molecule has 4 nitrogen and oxygen atoms in total. The molecule has 1 aromatic heterocycles. The number of aromatic amines is 1. The van der Waals surface area contributed by atoms with Gasteiger partial charge in [-0.3, -0.25) is 0 Å². The lowest BCUT2D eigenvalue weighted by Gasteiger charge is -1.93. The van der Waals surface area contributed by atoms with Crippen LogP contribution in [0.2, 0.25) is 0 Å². The van der Waals surface area contributed by atoms with Crippen LogP contribution < -0.4 is 0 Å². The summed E-state index contributed by atoms with van der Waals surface area (Å²) in [4.78, 5) is 13.9. The molecule has 1 aromatic carbocycles. The molecule has 0 radical (unpaired) electrons. The van der Waals surface area contributed by atoms with Gasteiger partial charge in [0.05, 0.1) is 17.2 Å². The summed E-state index contributed by atoms with van der Waals surface area (Å²) in [5, 5.41) is 18.3. The molecule has 0 fully saturated rings. The van der Waals surface area contributed by atoms with Gasteiger partial charge in [0.25, 0.3) is 0 Å². The van der Waals surface area contributed by atoms with E-state index in [-0.39, 0.29) is 5.56 Å². The Balaban J connectivity index is 2.81. The molecule has 0 unspecified atom stereocenters. The Bertz CT molecular complexity index is 590. The fourth-order valence-electron chi connectivity index (χ4n) is 1.68. The number of rotatable bonds is 1. The van der Waals surface area contributed by atoms with E-state index in [1.807, 2.05) is 6.07 Å². The molecule has 74 valence electrons. The Morgan fingerprint density at radius 2 is 2.27 bits per heavy atom. The summed E-state index contributed by atoms with van der Waals surface area (Å²) >= 11 is 0. The SMILES string of the molecule is Cc1[nH]c2cc(C#N)ccc2c1C(=O)O. The number of hydrogen-bond donors (Lipinski definition) is 2. The number of nitriles is 1. The van der Waals surface area contributed by atoms with Gasteiger partial charge in [0.2, 0.25) is 0 Å². The molecule has 0 atom stereocenters. The molecule has 2 aromatic rings. The number of H-pyrrole nitrogens is 1. The molecule has 15 heavy (non-hydrogen) atoms. The number of aryl methyl sites for hydroxylation is 1. The van der Waals surface area contributed by atoms with Gasteiger partial charge in [-0.15, -0.1) is 0 Å². The van der Waals surface area contributed by atoms with Crippen molar-refractivity contribution in [1.82, 2.24) is 4.98 Å². The minimum atomic E-state index is -0.955. The zero-order chi connectivity index (χ0) is 11.0. The number of aromatic nitrogens is 1. The van der Waals surface area contributed by atoms with E-state index in [0.717, 1.165) is 0 Å². The van der Waals surface area contributed by atoms with Crippen molar-refractivity contribution >= 4 is 16.9 Å². The van der Waals surface area contributed by atoms with Gasteiger partial charge in [-0.1, -0.05) is 6.07 Å². The minimum Gasteiger partial charge on any atom is -0.478 e. The first-order valence-corrected chi connectivity index (χ1v) is 4.39. The molecule has 2 rings (SSSR count). The van der Waals surface area contributed by atoms with E-state index in [1.165, 1.54) is 0 Å². The second-order valence-electron chi connectivity index (χ2n) is 3.30. The number of nitrogens with zero attached hydrogens (tertiary/aromatic N) is 1. The summed E-state index contributed by atoms with van der Waals surface area (Å²) in [7, 11) is 0. The molecular weight excluding hydrogens is 192 g/mol. The summed E-state index contributed by atoms with van der Waals surface area (Å²) in [6, 6.07) is 6.92. The Morgan fingerprint density at radius 1 is 1.53 bits per heavy atom. The molecule has 0 saturated carbocycles.